The number of hydrogen-bond donors (Lipinski definition) is 1. The fourth-order valence-corrected chi connectivity index (χ4v) is 1.06. The highest BCUT2D eigenvalue weighted by Crippen LogP contribution is 1.96. The summed E-state index contributed by atoms with van der Waals surface area (Å²) in [5, 5.41) is 3.32. The van der Waals surface area contributed by atoms with Crippen molar-refractivity contribution in [1.82, 2.24) is 5.32 Å². The molecule has 1 rings (SSSR count). The molecular weight excluding hydrogens is 146 g/mol. The first-order chi connectivity index (χ1) is 5.93. The molecule has 0 fully saturated rings. The van der Waals surface area contributed by atoms with Crippen LogP contribution < -0.4 is 5.32 Å². The Morgan fingerprint density at radius 1 is 1.17 bits per heavy atom. The number of hydrogen-bond acceptors (Lipinski definition) is 1. The van der Waals surface area contributed by atoms with Crippen molar-refractivity contribution in [3.8, 4) is 0 Å². The molecule has 1 heteroatoms. The molecule has 0 atom stereocenters. The minimum absolute atomic E-state index is 0.766. The third-order valence-corrected chi connectivity index (χ3v) is 1.73. The standard InChI is InChI=1S/C11H15N/c1-2-3-9-12-10-11-7-5-4-6-8-11/h1,4-8,12H,2-3,9-10H2. The highest BCUT2D eigenvalue weighted by Gasteiger charge is 1.88. The number of benzene rings is 1. The lowest BCUT2D eigenvalue weighted by molar-refractivity contribution is 0.654. The van der Waals surface area contributed by atoms with Gasteiger partial charge in [-0.3, -0.25) is 0 Å². The molecule has 12 heavy (non-hydrogen) atoms. The molecule has 1 nitrogen and oxygen atoms in total. The van der Waals surface area contributed by atoms with Gasteiger partial charge in [0.15, 0.2) is 0 Å². The van der Waals surface area contributed by atoms with Crippen molar-refractivity contribution in [2.75, 3.05) is 6.54 Å². The highest BCUT2D eigenvalue weighted by molar-refractivity contribution is 5.14. The maximum atomic E-state index is 5.37. The van der Waals surface area contributed by atoms with Crippen molar-refractivity contribution < 1.29 is 0 Å². The van der Waals surface area contributed by atoms with Gasteiger partial charge >= 0.3 is 0 Å². The Hall–Kier alpha value is -0.820. The van der Waals surface area contributed by atoms with Crippen molar-refractivity contribution in [3.05, 3.63) is 42.8 Å². The number of unbranched alkanes of at least 4 members (excludes halogenated alkanes) is 1. The predicted molar refractivity (Wildman–Crippen MR) is 51.7 cm³/mol. The minimum atomic E-state index is 0.766. The molecule has 1 N–H and O–H groups in total. The van der Waals surface area contributed by atoms with Gasteiger partial charge in [-0.05, 0) is 31.9 Å². The molecular formula is C11H15N. The van der Waals surface area contributed by atoms with Crippen molar-refractivity contribution >= 4 is 0 Å². The summed E-state index contributed by atoms with van der Waals surface area (Å²) in [4.78, 5) is 0. The summed E-state index contributed by atoms with van der Waals surface area (Å²) in [6.45, 7) is 7.32. The van der Waals surface area contributed by atoms with Crippen LogP contribution in [0.25, 0.3) is 0 Å². The van der Waals surface area contributed by atoms with Gasteiger partial charge in [0.05, 0.1) is 0 Å². The second kappa shape index (κ2) is 5.78. The lowest BCUT2D eigenvalue weighted by Gasteiger charge is -2.02. The molecule has 0 spiro atoms. The third-order valence-electron chi connectivity index (χ3n) is 1.73. The number of rotatable bonds is 5. The Balaban J connectivity index is 2.16. The maximum Gasteiger partial charge on any atom is 0.0205 e. The molecule has 0 saturated carbocycles. The molecule has 0 saturated heterocycles. The van der Waals surface area contributed by atoms with Crippen LogP contribution in [-0.4, -0.2) is 6.54 Å². The van der Waals surface area contributed by atoms with Crippen LogP contribution in [0.3, 0.4) is 0 Å². The van der Waals surface area contributed by atoms with Crippen LogP contribution in [0.15, 0.2) is 30.3 Å². The van der Waals surface area contributed by atoms with Crippen LogP contribution in [-0.2, 0) is 6.54 Å². The summed E-state index contributed by atoms with van der Waals surface area (Å²) in [6, 6.07) is 10.4. The van der Waals surface area contributed by atoms with E-state index in [9.17, 15) is 0 Å². The van der Waals surface area contributed by atoms with E-state index in [0.29, 0.717) is 0 Å². The van der Waals surface area contributed by atoms with Gasteiger partial charge in [0, 0.05) is 6.54 Å². The first-order valence-electron chi connectivity index (χ1n) is 4.38. The fourth-order valence-electron chi connectivity index (χ4n) is 1.06. The van der Waals surface area contributed by atoms with Gasteiger partial charge in [-0.1, -0.05) is 30.3 Å². The van der Waals surface area contributed by atoms with Gasteiger partial charge in [-0.15, -0.1) is 0 Å². The average molecular weight is 161 g/mol. The van der Waals surface area contributed by atoms with Crippen molar-refractivity contribution in [1.29, 1.82) is 0 Å². The molecule has 0 aliphatic rings. The van der Waals surface area contributed by atoms with Gasteiger partial charge in [-0.2, -0.15) is 0 Å². The quantitative estimate of drug-likeness (QED) is 0.653. The second-order valence-electron chi connectivity index (χ2n) is 2.80. The average Bonchev–Trinajstić information content (AvgIpc) is 2.14. The Morgan fingerprint density at radius 2 is 1.92 bits per heavy atom. The fraction of sp³-hybridized carbons (Fsp3) is 0.364. The van der Waals surface area contributed by atoms with Crippen molar-refractivity contribution in [2.24, 2.45) is 0 Å². The van der Waals surface area contributed by atoms with E-state index in [1.165, 1.54) is 5.56 Å². The SMILES string of the molecule is [CH]CCCNCc1ccccc1. The van der Waals surface area contributed by atoms with Crippen LogP contribution in [0.2, 0.25) is 0 Å². The van der Waals surface area contributed by atoms with Gasteiger partial charge < -0.3 is 5.32 Å². The summed E-state index contributed by atoms with van der Waals surface area (Å²) in [7, 11) is 0. The van der Waals surface area contributed by atoms with E-state index in [1.807, 2.05) is 6.07 Å². The predicted octanol–water partition coefficient (Wildman–Crippen LogP) is 2.27. The van der Waals surface area contributed by atoms with Crippen LogP contribution in [0.5, 0.6) is 0 Å². The molecule has 0 unspecified atom stereocenters. The smallest absolute Gasteiger partial charge is 0.0205 e. The third kappa shape index (κ3) is 3.54. The Labute approximate surface area is 74.8 Å². The second-order valence-corrected chi connectivity index (χ2v) is 2.80. The molecule has 0 aliphatic heterocycles. The van der Waals surface area contributed by atoms with Crippen LogP contribution in [0.4, 0.5) is 0 Å². The van der Waals surface area contributed by atoms with E-state index in [-0.39, 0.29) is 0 Å². The zero-order valence-electron chi connectivity index (χ0n) is 7.29. The molecule has 2 radical (unpaired) electrons. The highest BCUT2D eigenvalue weighted by atomic mass is 14.8. The van der Waals surface area contributed by atoms with E-state index in [1.54, 1.807) is 0 Å². The van der Waals surface area contributed by atoms with Crippen LogP contribution in [0.1, 0.15) is 18.4 Å². The topological polar surface area (TPSA) is 12.0 Å². The van der Waals surface area contributed by atoms with Crippen LogP contribution >= 0.6 is 0 Å². The normalized spacial score (nSPS) is 10.1. The number of nitrogens with one attached hydrogen (secondary N) is 1. The van der Waals surface area contributed by atoms with Crippen molar-refractivity contribution in [2.45, 2.75) is 19.4 Å². The van der Waals surface area contributed by atoms with Crippen LogP contribution in [0, 0.1) is 6.92 Å². The Kier molecular flexibility index (Phi) is 4.47. The first-order valence-corrected chi connectivity index (χ1v) is 4.38. The van der Waals surface area contributed by atoms with Gasteiger partial charge in [0.25, 0.3) is 0 Å². The first kappa shape index (κ1) is 9.27. The van der Waals surface area contributed by atoms with E-state index in [2.05, 4.69) is 29.6 Å². The molecule has 0 bridgehead atoms. The zero-order valence-corrected chi connectivity index (χ0v) is 7.29. The summed E-state index contributed by atoms with van der Waals surface area (Å²) in [5.74, 6) is 0. The summed E-state index contributed by atoms with van der Waals surface area (Å²) >= 11 is 0. The van der Waals surface area contributed by atoms with E-state index >= 15 is 0 Å². The van der Waals surface area contributed by atoms with Crippen molar-refractivity contribution in [3.63, 3.8) is 0 Å². The monoisotopic (exact) mass is 161 g/mol. The summed E-state index contributed by atoms with van der Waals surface area (Å²) in [6.07, 6.45) is 1.81. The lowest BCUT2D eigenvalue weighted by Crippen LogP contribution is -2.14. The Bertz CT molecular complexity index is 193. The van der Waals surface area contributed by atoms with Gasteiger partial charge in [0.2, 0.25) is 0 Å². The summed E-state index contributed by atoms with van der Waals surface area (Å²) < 4.78 is 0. The Morgan fingerprint density at radius 3 is 2.58 bits per heavy atom. The maximum absolute atomic E-state index is 5.37. The zero-order chi connectivity index (χ0) is 8.65. The van der Waals surface area contributed by atoms with E-state index < -0.39 is 0 Å². The molecule has 0 aromatic heterocycles. The summed E-state index contributed by atoms with van der Waals surface area (Å²) in [5.41, 5.74) is 1.33. The molecule has 0 heterocycles. The van der Waals surface area contributed by atoms with Gasteiger partial charge in [0.1, 0.15) is 0 Å². The molecule has 1 aromatic carbocycles. The molecule has 1 aromatic rings. The van der Waals surface area contributed by atoms with E-state index in [0.717, 1.165) is 25.9 Å². The minimum Gasteiger partial charge on any atom is -0.313 e. The molecule has 0 amide bonds. The molecule has 64 valence electrons. The lowest BCUT2D eigenvalue weighted by atomic mass is 10.2. The molecule has 0 aliphatic carbocycles. The van der Waals surface area contributed by atoms with Gasteiger partial charge in [-0.25, -0.2) is 0 Å². The van der Waals surface area contributed by atoms with E-state index in [4.69, 9.17) is 6.92 Å². The largest absolute Gasteiger partial charge is 0.313 e.